The highest BCUT2D eigenvalue weighted by molar-refractivity contribution is 7.90. The summed E-state index contributed by atoms with van der Waals surface area (Å²) in [4.78, 5) is 2.88. The molecule has 2 aliphatic heterocycles. The Kier molecular flexibility index (Phi) is 3.84. The van der Waals surface area contributed by atoms with Gasteiger partial charge in [-0.15, -0.1) is 0 Å². The molecule has 0 spiro atoms. The molecule has 3 rings (SSSR count). The number of sulfone groups is 1. The van der Waals surface area contributed by atoms with E-state index in [0.717, 1.165) is 19.6 Å². The SMILES string of the molecule is CS(=O)(=O)c1ccc(CN2CCC3CCC(C2)N3)cc1. The zero-order chi connectivity index (χ0) is 14.2. The first-order valence-electron chi connectivity index (χ1n) is 7.28. The number of nitrogens with zero attached hydrogens (tertiary/aromatic N) is 1. The lowest BCUT2D eigenvalue weighted by Gasteiger charge is -2.24. The summed E-state index contributed by atoms with van der Waals surface area (Å²) in [5, 5.41) is 3.68. The molecule has 0 aliphatic carbocycles. The fourth-order valence-corrected chi connectivity index (χ4v) is 3.89. The molecule has 0 aromatic heterocycles. The predicted molar refractivity (Wildman–Crippen MR) is 79.4 cm³/mol. The van der Waals surface area contributed by atoms with E-state index in [1.165, 1.54) is 31.1 Å². The molecule has 2 bridgehead atoms. The standard InChI is InChI=1S/C15H22N2O2S/c1-20(18,19)15-6-2-12(3-7-15)10-17-9-8-13-4-5-14(11-17)16-13/h2-3,6-7,13-14,16H,4-5,8-11H2,1H3. The molecular formula is C15H22N2O2S. The average Bonchev–Trinajstić information content (AvgIpc) is 2.72. The van der Waals surface area contributed by atoms with Gasteiger partial charge in [0.05, 0.1) is 4.90 Å². The minimum Gasteiger partial charge on any atom is -0.310 e. The van der Waals surface area contributed by atoms with E-state index in [4.69, 9.17) is 0 Å². The van der Waals surface area contributed by atoms with Crippen molar-refractivity contribution in [2.75, 3.05) is 19.3 Å². The first-order chi connectivity index (χ1) is 9.50. The summed E-state index contributed by atoms with van der Waals surface area (Å²) < 4.78 is 22.9. The molecule has 1 N–H and O–H groups in total. The number of hydrogen-bond acceptors (Lipinski definition) is 4. The number of benzene rings is 1. The van der Waals surface area contributed by atoms with Gasteiger partial charge in [0, 0.05) is 38.0 Å². The molecule has 2 saturated heterocycles. The summed E-state index contributed by atoms with van der Waals surface area (Å²) in [7, 11) is -3.09. The molecule has 0 amide bonds. The third kappa shape index (κ3) is 3.22. The van der Waals surface area contributed by atoms with Gasteiger partial charge in [-0.2, -0.15) is 0 Å². The summed E-state index contributed by atoms with van der Waals surface area (Å²) >= 11 is 0. The molecule has 2 fully saturated rings. The van der Waals surface area contributed by atoms with Crippen LogP contribution in [0.1, 0.15) is 24.8 Å². The van der Waals surface area contributed by atoms with Crippen LogP contribution in [0, 0.1) is 0 Å². The van der Waals surface area contributed by atoms with Crippen LogP contribution in [0.4, 0.5) is 0 Å². The van der Waals surface area contributed by atoms with Crippen LogP contribution in [-0.2, 0) is 16.4 Å². The highest BCUT2D eigenvalue weighted by atomic mass is 32.2. The van der Waals surface area contributed by atoms with Crippen molar-refractivity contribution < 1.29 is 8.42 Å². The Morgan fingerprint density at radius 3 is 2.55 bits per heavy atom. The van der Waals surface area contributed by atoms with Crippen LogP contribution in [0.25, 0.3) is 0 Å². The Morgan fingerprint density at radius 2 is 1.85 bits per heavy atom. The lowest BCUT2D eigenvalue weighted by molar-refractivity contribution is 0.251. The number of rotatable bonds is 3. The fourth-order valence-electron chi connectivity index (χ4n) is 3.26. The molecule has 110 valence electrons. The Morgan fingerprint density at radius 1 is 1.15 bits per heavy atom. The van der Waals surface area contributed by atoms with Crippen LogP contribution in [-0.4, -0.2) is 44.7 Å². The van der Waals surface area contributed by atoms with E-state index in [9.17, 15) is 8.42 Å². The smallest absolute Gasteiger partial charge is 0.175 e. The average molecular weight is 294 g/mol. The van der Waals surface area contributed by atoms with Crippen molar-refractivity contribution >= 4 is 9.84 Å². The van der Waals surface area contributed by atoms with E-state index < -0.39 is 9.84 Å². The molecule has 5 heteroatoms. The van der Waals surface area contributed by atoms with Gasteiger partial charge < -0.3 is 5.32 Å². The lowest BCUT2D eigenvalue weighted by atomic mass is 10.1. The second-order valence-electron chi connectivity index (χ2n) is 6.08. The molecule has 4 nitrogen and oxygen atoms in total. The second kappa shape index (κ2) is 5.47. The molecule has 1 aromatic rings. The van der Waals surface area contributed by atoms with Gasteiger partial charge in [0.2, 0.25) is 0 Å². The highest BCUT2D eigenvalue weighted by Crippen LogP contribution is 2.21. The largest absolute Gasteiger partial charge is 0.310 e. The van der Waals surface area contributed by atoms with Crippen molar-refractivity contribution in [2.45, 2.75) is 42.8 Å². The van der Waals surface area contributed by atoms with Crippen molar-refractivity contribution in [3.63, 3.8) is 0 Å². The number of hydrogen-bond donors (Lipinski definition) is 1. The summed E-state index contributed by atoms with van der Waals surface area (Å²) in [6.07, 6.45) is 5.08. The molecular weight excluding hydrogens is 272 g/mol. The third-order valence-electron chi connectivity index (χ3n) is 4.37. The van der Waals surface area contributed by atoms with Crippen molar-refractivity contribution in [1.82, 2.24) is 10.2 Å². The Hall–Kier alpha value is -0.910. The van der Waals surface area contributed by atoms with E-state index in [1.807, 2.05) is 12.1 Å². The Balaban J connectivity index is 1.65. The first kappa shape index (κ1) is 14.0. The highest BCUT2D eigenvalue weighted by Gasteiger charge is 2.28. The summed E-state index contributed by atoms with van der Waals surface area (Å²) in [5.41, 5.74) is 1.19. The van der Waals surface area contributed by atoms with Gasteiger partial charge in [0.25, 0.3) is 0 Å². The van der Waals surface area contributed by atoms with Crippen LogP contribution in [0.2, 0.25) is 0 Å². The van der Waals surface area contributed by atoms with E-state index in [1.54, 1.807) is 12.1 Å². The zero-order valence-electron chi connectivity index (χ0n) is 11.9. The number of nitrogens with one attached hydrogen (secondary N) is 1. The van der Waals surface area contributed by atoms with Crippen molar-refractivity contribution in [3.8, 4) is 0 Å². The minimum atomic E-state index is -3.09. The van der Waals surface area contributed by atoms with Crippen LogP contribution in [0.3, 0.4) is 0 Å². The molecule has 2 aliphatic rings. The van der Waals surface area contributed by atoms with Gasteiger partial charge in [-0.3, -0.25) is 4.90 Å². The molecule has 1 aromatic carbocycles. The van der Waals surface area contributed by atoms with Gasteiger partial charge >= 0.3 is 0 Å². The molecule has 20 heavy (non-hydrogen) atoms. The molecule has 2 heterocycles. The van der Waals surface area contributed by atoms with Gasteiger partial charge in [-0.25, -0.2) is 8.42 Å². The molecule has 0 saturated carbocycles. The van der Waals surface area contributed by atoms with Gasteiger partial charge in [0.1, 0.15) is 0 Å². The predicted octanol–water partition coefficient (Wildman–Crippen LogP) is 1.42. The van der Waals surface area contributed by atoms with Crippen LogP contribution < -0.4 is 5.32 Å². The van der Waals surface area contributed by atoms with E-state index in [2.05, 4.69) is 10.2 Å². The summed E-state index contributed by atoms with van der Waals surface area (Å²) in [6, 6.07) is 8.65. The third-order valence-corrected chi connectivity index (χ3v) is 5.49. The van der Waals surface area contributed by atoms with Gasteiger partial charge in [-0.05, 0) is 37.0 Å². The maximum absolute atomic E-state index is 11.4. The maximum Gasteiger partial charge on any atom is 0.175 e. The van der Waals surface area contributed by atoms with Crippen molar-refractivity contribution in [2.24, 2.45) is 0 Å². The van der Waals surface area contributed by atoms with E-state index in [-0.39, 0.29) is 0 Å². The normalized spacial score (nSPS) is 27.4. The Bertz CT molecular complexity index is 568. The number of fused-ring (bicyclic) bond motifs is 2. The van der Waals surface area contributed by atoms with Crippen LogP contribution in [0.15, 0.2) is 29.2 Å². The lowest BCUT2D eigenvalue weighted by Crippen LogP contribution is -2.34. The first-order valence-corrected chi connectivity index (χ1v) is 9.17. The van der Waals surface area contributed by atoms with E-state index in [0.29, 0.717) is 17.0 Å². The van der Waals surface area contributed by atoms with Crippen LogP contribution >= 0.6 is 0 Å². The zero-order valence-corrected chi connectivity index (χ0v) is 12.7. The van der Waals surface area contributed by atoms with Gasteiger partial charge in [0.15, 0.2) is 9.84 Å². The summed E-state index contributed by atoms with van der Waals surface area (Å²) in [6.45, 7) is 3.14. The fraction of sp³-hybridized carbons (Fsp3) is 0.600. The quantitative estimate of drug-likeness (QED) is 0.916. The van der Waals surface area contributed by atoms with E-state index >= 15 is 0 Å². The Labute approximate surface area is 121 Å². The molecule has 2 unspecified atom stereocenters. The van der Waals surface area contributed by atoms with Crippen molar-refractivity contribution in [3.05, 3.63) is 29.8 Å². The summed E-state index contributed by atoms with van der Waals surface area (Å²) in [5.74, 6) is 0. The monoisotopic (exact) mass is 294 g/mol. The topological polar surface area (TPSA) is 49.4 Å². The van der Waals surface area contributed by atoms with Gasteiger partial charge in [-0.1, -0.05) is 12.1 Å². The number of likely N-dealkylation sites (tertiary alicyclic amines) is 1. The maximum atomic E-state index is 11.4. The second-order valence-corrected chi connectivity index (χ2v) is 8.09. The molecule has 2 atom stereocenters. The van der Waals surface area contributed by atoms with Crippen molar-refractivity contribution in [1.29, 1.82) is 0 Å². The minimum absolute atomic E-state index is 0.401. The van der Waals surface area contributed by atoms with Crippen LogP contribution in [0.5, 0.6) is 0 Å². The molecule has 0 radical (unpaired) electrons.